The molecule has 2 aromatic carbocycles. The molecule has 31 heavy (non-hydrogen) atoms. The van der Waals surface area contributed by atoms with E-state index in [1.165, 1.54) is 22.9 Å². The molecule has 0 aliphatic rings. The van der Waals surface area contributed by atoms with Crippen molar-refractivity contribution in [3.8, 4) is 11.8 Å². The number of rotatable bonds is 2. The van der Waals surface area contributed by atoms with Crippen LogP contribution in [0.25, 0.3) is 16.5 Å². The van der Waals surface area contributed by atoms with Crippen LogP contribution in [0, 0.1) is 17.1 Å². The first kappa shape index (κ1) is 21.7. The molecule has 0 bridgehead atoms. The first-order valence-electron chi connectivity index (χ1n) is 9.22. The van der Waals surface area contributed by atoms with Crippen molar-refractivity contribution in [1.29, 1.82) is 5.26 Å². The van der Waals surface area contributed by atoms with E-state index in [0.717, 1.165) is 11.1 Å². The molecule has 0 radical (unpaired) electrons. The number of hydrogen-bond acceptors (Lipinski definition) is 6. The van der Waals surface area contributed by atoms with Gasteiger partial charge >= 0.3 is 0 Å². The summed E-state index contributed by atoms with van der Waals surface area (Å²) in [7, 11) is 0. The Kier molecular flexibility index (Phi) is 6.48. The Balaban J connectivity index is 0.000000229. The topological polar surface area (TPSA) is 124 Å². The molecule has 4 aromatic rings. The van der Waals surface area contributed by atoms with Gasteiger partial charge in [-0.25, -0.2) is 9.37 Å². The summed E-state index contributed by atoms with van der Waals surface area (Å²) in [4.78, 5) is 19.9. The number of nitrogens with zero attached hydrogens (tertiary/aromatic N) is 4. The molecule has 2 aromatic heterocycles. The molecule has 4 N–H and O–H groups in total. The number of aromatic nitrogens is 3. The molecule has 4 rings (SSSR count). The second kappa shape index (κ2) is 9.24. The molecular weight excluding hydrogens is 419 g/mol. The van der Waals surface area contributed by atoms with E-state index in [4.69, 9.17) is 28.3 Å². The first-order chi connectivity index (χ1) is 14.8. The number of benzene rings is 2. The lowest BCUT2D eigenvalue weighted by Crippen LogP contribution is -2.22. The number of nitrogens with two attached hydrogens (primary N) is 2. The average molecular weight is 437 g/mol. The molecule has 0 unspecified atom stereocenters. The van der Waals surface area contributed by atoms with Crippen LogP contribution in [-0.2, 0) is 6.42 Å². The third-order valence-corrected chi connectivity index (χ3v) is 4.77. The van der Waals surface area contributed by atoms with E-state index in [1.807, 2.05) is 31.2 Å². The highest BCUT2D eigenvalue weighted by Crippen LogP contribution is 2.23. The van der Waals surface area contributed by atoms with Crippen LogP contribution in [0.3, 0.4) is 0 Å². The van der Waals surface area contributed by atoms with E-state index < -0.39 is 0 Å². The summed E-state index contributed by atoms with van der Waals surface area (Å²) in [6.07, 6.45) is 1.95. The molecule has 0 fully saturated rings. The maximum Gasteiger partial charge on any atom is 0.264 e. The highest BCUT2D eigenvalue weighted by atomic mass is 35.5. The zero-order chi connectivity index (χ0) is 22.5. The summed E-state index contributed by atoms with van der Waals surface area (Å²) in [6, 6.07) is 15.1. The number of aryl methyl sites for hydroxylation is 1. The fourth-order valence-corrected chi connectivity index (χ4v) is 3.29. The van der Waals surface area contributed by atoms with Gasteiger partial charge in [0, 0.05) is 5.69 Å². The van der Waals surface area contributed by atoms with Gasteiger partial charge in [0.2, 0.25) is 5.95 Å². The van der Waals surface area contributed by atoms with Crippen LogP contribution < -0.4 is 17.0 Å². The minimum Gasteiger partial charge on any atom is -0.382 e. The molecule has 156 valence electrons. The Morgan fingerprint density at radius 3 is 2.58 bits per heavy atom. The van der Waals surface area contributed by atoms with Gasteiger partial charge in [0.25, 0.3) is 5.56 Å². The molecule has 2 heterocycles. The zero-order valence-corrected chi connectivity index (χ0v) is 17.3. The van der Waals surface area contributed by atoms with Gasteiger partial charge in [0.1, 0.15) is 23.3 Å². The van der Waals surface area contributed by atoms with E-state index in [9.17, 15) is 9.18 Å². The summed E-state index contributed by atoms with van der Waals surface area (Å²) >= 11 is 6.16. The number of nitriles is 1. The van der Waals surface area contributed by atoms with Crippen LogP contribution in [-0.4, -0.2) is 14.5 Å². The van der Waals surface area contributed by atoms with Crippen molar-refractivity contribution < 1.29 is 4.39 Å². The first-order valence-corrected chi connectivity index (χ1v) is 9.60. The third kappa shape index (κ3) is 4.63. The van der Waals surface area contributed by atoms with Crippen molar-refractivity contribution in [2.24, 2.45) is 0 Å². The fourth-order valence-electron chi connectivity index (χ4n) is 3.03. The number of fused-ring (bicyclic) bond motifs is 1. The predicted molar refractivity (Wildman–Crippen MR) is 119 cm³/mol. The molecule has 0 saturated carbocycles. The van der Waals surface area contributed by atoms with Crippen molar-refractivity contribution in [1.82, 2.24) is 14.5 Å². The third-order valence-electron chi connectivity index (χ3n) is 4.46. The smallest absolute Gasteiger partial charge is 0.264 e. The SMILES string of the molecule is CCc1cc2cccc(Cl)c2c(=O)n1-c1cccc(F)c1.N#Cc1cnc(N)nc1N. The zero-order valence-electron chi connectivity index (χ0n) is 16.5. The summed E-state index contributed by atoms with van der Waals surface area (Å²) in [6.45, 7) is 1.96. The second-order valence-corrected chi connectivity index (χ2v) is 6.86. The Hall–Kier alpha value is -3.96. The van der Waals surface area contributed by atoms with Crippen LogP contribution in [0.1, 0.15) is 18.2 Å². The van der Waals surface area contributed by atoms with Crippen molar-refractivity contribution in [3.05, 3.63) is 87.2 Å². The molecule has 7 nitrogen and oxygen atoms in total. The van der Waals surface area contributed by atoms with Crippen LogP contribution in [0.5, 0.6) is 0 Å². The van der Waals surface area contributed by atoms with E-state index >= 15 is 0 Å². The Labute approximate surface area is 182 Å². The standard InChI is InChI=1S/C17H13ClFNO.C5H5N5/c1-2-13-9-11-5-3-8-15(18)16(11)17(21)20(13)14-7-4-6-12(19)10-14;6-1-3-2-9-5(8)10-4(3)7/h3-10H,2H2,1H3;2H,(H4,7,8,9,10). The number of nitrogen functional groups attached to an aromatic ring is 2. The molecule has 0 aliphatic carbocycles. The summed E-state index contributed by atoms with van der Waals surface area (Å²) in [5, 5.41) is 10.0. The highest BCUT2D eigenvalue weighted by molar-refractivity contribution is 6.35. The number of halogens is 2. The lowest BCUT2D eigenvalue weighted by atomic mass is 10.1. The number of anilines is 2. The van der Waals surface area contributed by atoms with Crippen LogP contribution in [0.15, 0.2) is 59.5 Å². The maximum atomic E-state index is 13.5. The van der Waals surface area contributed by atoms with E-state index in [-0.39, 0.29) is 28.7 Å². The van der Waals surface area contributed by atoms with Gasteiger partial charge in [0.15, 0.2) is 0 Å². The average Bonchev–Trinajstić information content (AvgIpc) is 2.74. The van der Waals surface area contributed by atoms with Crippen molar-refractivity contribution in [2.75, 3.05) is 11.5 Å². The quantitative estimate of drug-likeness (QED) is 0.491. The lowest BCUT2D eigenvalue weighted by molar-refractivity contribution is 0.626. The Bertz CT molecular complexity index is 1360. The molecule has 9 heteroatoms. The van der Waals surface area contributed by atoms with Crippen LogP contribution >= 0.6 is 11.6 Å². The van der Waals surface area contributed by atoms with Crippen LogP contribution in [0.2, 0.25) is 5.02 Å². The Morgan fingerprint density at radius 2 is 1.94 bits per heavy atom. The minimum atomic E-state index is -0.374. The molecule has 0 aliphatic heterocycles. The van der Waals surface area contributed by atoms with E-state index in [1.54, 1.807) is 18.2 Å². The van der Waals surface area contributed by atoms with Gasteiger partial charge in [-0.15, -0.1) is 0 Å². The fraction of sp³-hybridized carbons (Fsp3) is 0.0909. The van der Waals surface area contributed by atoms with Gasteiger partial charge < -0.3 is 11.5 Å². The second-order valence-electron chi connectivity index (χ2n) is 6.45. The van der Waals surface area contributed by atoms with Gasteiger partial charge in [-0.2, -0.15) is 10.2 Å². The molecule has 0 saturated heterocycles. The monoisotopic (exact) mass is 436 g/mol. The summed E-state index contributed by atoms with van der Waals surface area (Å²) in [5.41, 5.74) is 11.8. The number of pyridine rings is 1. The maximum absolute atomic E-state index is 13.5. The Morgan fingerprint density at radius 1 is 1.19 bits per heavy atom. The van der Waals surface area contributed by atoms with E-state index in [0.29, 0.717) is 22.5 Å². The molecular formula is C22H18ClFN6O. The van der Waals surface area contributed by atoms with Crippen molar-refractivity contribution in [2.45, 2.75) is 13.3 Å². The normalized spacial score (nSPS) is 10.3. The van der Waals surface area contributed by atoms with Crippen LogP contribution in [0.4, 0.5) is 16.2 Å². The minimum absolute atomic E-state index is 0.0801. The van der Waals surface area contributed by atoms with Crippen molar-refractivity contribution >= 4 is 34.1 Å². The largest absolute Gasteiger partial charge is 0.382 e. The predicted octanol–water partition coefficient (Wildman–Crippen LogP) is 3.86. The van der Waals surface area contributed by atoms with Gasteiger partial charge in [-0.1, -0.05) is 36.7 Å². The van der Waals surface area contributed by atoms with Gasteiger partial charge in [-0.05, 0) is 42.1 Å². The summed E-state index contributed by atoms with van der Waals surface area (Å²) < 4.78 is 15.0. The molecule has 0 atom stereocenters. The molecule has 0 amide bonds. The molecule has 0 spiro atoms. The number of hydrogen-bond donors (Lipinski definition) is 2. The lowest BCUT2D eigenvalue weighted by Gasteiger charge is -2.14. The van der Waals surface area contributed by atoms with Crippen molar-refractivity contribution in [3.63, 3.8) is 0 Å². The van der Waals surface area contributed by atoms with E-state index in [2.05, 4.69) is 9.97 Å². The summed E-state index contributed by atoms with van der Waals surface area (Å²) in [5.74, 6) is -0.174. The van der Waals surface area contributed by atoms with Gasteiger partial charge in [-0.3, -0.25) is 9.36 Å². The van der Waals surface area contributed by atoms with Gasteiger partial charge in [0.05, 0.1) is 22.3 Å². The highest BCUT2D eigenvalue weighted by Gasteiger charge is 2.12.